The number of rotatable bonds is 4. The lowest BCUT2D eigenvalue weighted by Gasteiger charge is -2.13. The molecule has 1 saturated heterocycles. The molecule has 7 nitrogen and oxygen atoms in total. The molecule has 0 spiro atoms. The Kier molecular flexibility index (Phi) is 4.07. The zero-order valence-corrected chi connectivity index (χ0v) is 12.5. The lowest BCUT2D eigenvalue weighted by molar-refractivity contribution is -0.119. The molecular weight excluding hydrogens is 336 g/mol. The SMILES string of the molecule is CNc1ncc(Br)cc1S(=O)(=O)NC1CNC(=O)C1. The number of amides is 1. The van der Waals surface area contributed by atoms with E-state index in [9.17, 15) is 13.2 Å². The Bertz CT molecular complexity index is 605. The van der Waals surface area contributed by atoms with Gasteiger partial charge in [-0.15, -0.1) is 0 Å². The molecule has 1 amide bonds. The monoisotopic (exact) mass is 348 g/mol. The maximum absolute atomic E-state index is 12.3. The van der Waals surface area contributed by atoms with Gasteiger partial charge in [-0.25, -0.2) is 18.1 Å². The van der Waals surface area contributed by atoms with Crippen LogP contribution in [0.1, 0.15) is 6.42 Å². The summed E-state index contributed by atoms with van der Waals surface area (Å²) in [7, 11) is -2.14. The number of anilines is 1. The van der Waals surface area contributed by atoms with Crippen LogP contribution in [0.2, 0.25) is 0 Å². The van der Waals surface area contributed by atoms with Crippen molar-refractivity contribution in [2.24, 2.45) is 0 Å². The van der Waals surface area contributed by atoms with Crippen LogP contribution in [0, 0.1) is 0 Å². The third-order valence-electron chi connectivity index (χ3n) is 2.64. The second-order valence-corrected chi connectivity index (χ2v) is 6.67. The molecule has 3 N–H and O–H groups in total. The van der Waals surface area contributed by atoms with E-state index >= 15 is 0 Å². The number of halogens is 1. The van der Waals surface area contributed by atoms with Crippen LogP contribution in [0.15, 0.2) is 21.6 Å². The maximum atomic E-state index is 12.3. The van der Waals surface area contributed by atoms with Gasteiger partial charge in [0, 0.05) is 36.7 Å². The Morgan fingerprint density at radius 3 is 2.84 bits per heavy atom. The predicted octanol–water partition coefficient (Wildman–Crippen LogP) is 0.0526. The van der Waals surface area contributed by atoms with E-state index in [1.54, 1.807) is 7.05 Å². The van der Waals surface area contributed by atoms with Gasteiger partial charge < -0.3 is 10.6 Å². The van der Waals surface area contributed by atoms with Crippen LogP contribution in [0.3, 0.4) is 0 Å². The summed E-state index contributed by atoms with van der Waals surface area (Å²) in [5, 5.41) is 5.31. The first-order chi connectivity index (χ1) is 8.92. The Morgan fingerprint density at radius 1 is 1.53 bits per heavy atom. The Labute approximate surface area is 119 Å². The summed E-state index contributed by atoms with van der Waals surface area (Å²) in [6.45, 7) is 0.300. The van der Waals surface area contributed by atoms with Gasteiger partial charge in [0.25, 0.3) is 0 Å². The quantitative estimate of drug-likeness (QED) is 0.713. The number of carbonyl (C=O) groups excluding carboxylic acids is 1. The molecule has 1 atom stereocenters. The fraction of sp³-hybridized carbons (Fsp3) is 0.400. The fourth-order valence-corrected chi connectivity index (χ4v) is 3.69. The normalized spacial score (nSPS) is 19.3. The van der Waals surface area contributed by atoms with E-state index in [1.807, 2.05) is 0 Å². The summed E-state index contributed by atoms with van der Waals surface area (Å²) in [4.78, 5) is 15.1. The van der Waals surface area contributed by atoms with Crippen LogP contribution in [0.5, 0.6) is 0 Å². The van der Waals surface area contributed by atoms with Crippen molar-refractivity contribution in [2.45, 2.75) is 17.4 Å². The highest BCUT2D eigenvalue weighted by Crippen LogP contribution is 2.23. The largest absolute Gasteiger partial charge is 0.372 e. The molecule has 1 aromatic rings. The van der Waals surface area contributed by atoms with Crippen LogP contribution in [-0.4, -0.2) is 38.9 Å². The average Bonchev–Trinajstić information content (AvgIpc) is 2.74. The molecule has 1 aromatic heterocycles. The van der Waals surface area contributed by atoms with Crippen LogP contribution >= 0.6 is 15.9 Å². The van der Waals surface area contributed by atoms with Gasteiger partial charge >= 0.3 is 0 Å². The molecule has 0 bridgehead atoms. The third-order valence-corrected chi connectivity index (χ3v) is 4.61. The number of nitrogens with zero attached hydrogens (tertiary/aromatic N) is 1. The van der Waals surface area contributed by atoms with Crippen LogP contribution in [-0.2, 0) is 14.8 Å². The molecule has 2 rings (SSSR count). The van der Waals surface area contributed by atoms with Gasteiger partial charge in [-0.2, -0.15) is 0 Å². The Balaban J connectivity index is 2.28. The number of pyridine rings is 1. The molecule has 0 saturated carbocycles. The molecule has 0 aliphatic carbocycles. The van der Waals surface area contributed by atoms with Crippen molar-refractivity contribution in [3.63, 3.8) is 0 Å². The van der Waals surface area contributed by atoms with E-state index in [4.69, 9.17) is 0 Å². The van der Waals surface area contributed by atoms with Crippen molar-refractivity contribution in [3.05, 3.63) is 16.7 Å². The molecule has 19 heavy (non-hydrogen) atoms. The van der Waals surface area contributed by atoms with Crippen LogP contribution in [0.25, 0.3) is 0 Å². The van der Waals surface area contributed by atoms with Crippen molar-refractivity contribution in [3.8, 4) is 0 Å². The highest BCUT2D eigenvalue weighted by molar-refractivity contribution is 9.10. The zero-order valence-electron chi connectivity index (χ0n) is 10.1. The Hall–Kier alpha value is -1.19. The van der Waals surface area contributed by atoms with Crippen molar-refractivity contribution >= 4 is 37.7 Å². The van der Waals surface area contributed by atoms with Gasteiger partial charge in [-0.3, -0.25) is 4.79 Å². The standard InChI is InChI=1S/C10H13BrN4O3S/c1-12-10-8(2-6(11)4-14-10)19(17,18)15-7-3-9(16)13-5-7/h2,4,7,15H,3,5H2,1H3,(H,12,14)(H,13,16). The van der Waals surface area contributed by atoms with Crippen molar-refractivity contribution in [1.29, 1.82) is 0 Å². The van der Waals surface area contributed by atoms with E-state index in [0.29, 0.717) is 11.0 Å². The van der Waals surface area contributed by atoms with Gasteiger partial charge in [0.05, 0.1) is 0 Å². The summed E-state index contributed by atoms with van der Waals surface area (Å²) in [6.07, 6.45) is 1.65. The topological polar surface area (TPSA) is 100 Å². The highest BCUT2D eigenvalue weighted by atomic mass is 79.9. The molecule has 2 heterocycles. The number of sulfonamides is 1. The summed E-state index contributed by atoms with van der Waals surface area (Å²) >= 11 is 3.19. The van der Waals surface area contributed by atoms with E-state index in [-0.39, 0.29) is 23.0 Å². The molecule has 1 fully saturated rings. The first kappa shape index (κ1) is 14.2. The second-order valence-electron chi connectivity index (χ2n) is 4.08. The van der Waals surface area contributed by atoms with E-state index in [0.717, 1.165) is 0 Å². The minimum atomic E-state index is -3.73. The second kappa shape index (κ2) is 5.43. The first-order valence-electron chi connectivity index (χ1n) is 5.54. The van der Waals surface area contributed by atoms with Crippen molar-refractivity contribution in [2.75, 3.05) is 18.9 Å². The fourth-order valence-electron chi connectivity index (χ4n) is 1.78. The summed E-state index contributed by atoms with van der Waals surface area (Å²) in [6, 6.07) is 1.03. The minimum absolute atomic E-state index is 0.0451. The average molecular weight is 349 g/mol. The Morgan fingerprint density at radius 2 is 2.26 bits per heavy atom. The maximum Gasteiger partial charge on any atom is 0.244 e. The summed E-state index contributed by atoms with van der Waals surface area (Å²) in [5.41, 5.74) is 0. The molecule has 104 valence electrons. The zero-order chi connectivity index (χ0) is 14.0. The van der Waals surface area contributed by atoms with Gasteiger partial charge in [-0.05, 0) is 22.0 Å². The molecule has 0 radical (unpaired) electrons. The van der Waals surface area contributed by atoms with E-state index in [1.165, 1.54) is 12.3 Å². The number of hydrogen-bond acceptors (Lipinski definition) is 5. The minimum Gasteiger partial charge on any atom is -0.372 e. The van der Waals surface area contributed by atoms with E-state index < -0.39 is 16.1 Å². The lowest BCUT2D eigenvalue weighted by Crippen LogP contribution is -2.36. The van der Waals surface area contributed by atoms with Gasteiger partial charge in [-0.1, -0.05) is 0 Å². The summed E-state index contributed by atoms with van der Waals surface area (Å²) in [5.74, 6) is 0.0990. The van der Waals surface area contributed by atoms with Gasteiger partial charge in [0.15, 0.2) is 0 Å². The molecule has 0 aromatic carbocycles. The van der Waals surface area contributed by atoms with Crippen molar-refractivity contribution in [1.82, 2.24) is 15.0 Å². The van der Waals surface area contributed by atoms with Gasteiger partial charge in [0.1, 0.15) is 10.7 Å². The number of hydrogen-bond donors (Lipinski definition) is 3. The molecule has 9 heteroatoms. The molecule has 1 aliphatic rings. The van der Waals surface area contributed by atoms with Crippen LogP contribution in [0.4, 0.5) is 5.82 Å². The first-order valence-corrected chi connectivity index (χ1v) is 7.82. The smallest absolute Gasteiger partial charge is 0.244 e. The number of aromatic nitrogens is 1. The third kappa shape index (κ3) is 3.23. The molecule has 1 aliphatic heterocycles. The number of nitrogens with one attached hydrogen (secondary N) is 3. The molecule has 1 unspecified atom stereocenters. The van der Waals surface area contributed by atoms with Gasteiger partial charge in [0.2, 0.25) is 15.9 Å². The lowest BCUT2D eigenvalue weighted by atomic mass is 10.3. The van der Waals surface area contributed by atoms with Crippen molar-refractivity contribution < 1.29 is 13.2 Å². The summed E-state index contributed by atoms with van der Waals surface area (Å²) < 4.78 is 27.6. The van der Waals surface area contributed by atoms with E-state index in [2.05, 4.69) is 36.3 Å². The number of carbonyl (C=O) groups is 1. The highest BCUT2D eigenvalue weighted by Gasteiger charge is 2.28. The predicted molar refractivity (Wildman–Crippen MR) is 73.2 cm³/mol. The molecular formula is C10H13BrN4O3S. The van der Waals surface area contributed by atoms with Crippen LogP contribution < -0.4 is 15.4 Å².